The summed E-state index contributed by atoms with van der Waals surface area (Å²) in [6.45, 7) is 2.60. The van der Waals surface area contributed by atoms with Crippen molar-refractivity contribution in [2.24, 2.45) is 0 Å². The van der Waals surface area contributed by atoms with Gasteiger partial charge in [-0.1, -0.05) is 18.2 Å². The van der Waals surface area contributed by atoms with E-state index in [0.29, 0.717) is 44.0 Å². The highest BCUT2D eigenvalue weighted by atomic mass is 19.4. The Bertz CT molecular complexity index is 992. The Balaban J connectivity index is 1.36. The van der Waals surface area contributed by atoms with E-state index in [-0.39, 0.29) is 5.91 Å². The SMILES string of the molecule is O=C(c1ccc(Cn2ccnc2)cc1)N1CCN(c2cccc(C(F)(F)F)c2)CC1. The largest absolute Gasteiger partial charge is 0.416 e. The second-order valence-corrected chi connectivity index (χ2v) is 7.26. The summed E-state index contributed by atoms with van der Waals surface area (Å²) in [4.78, 5) is 20.4. The smallest absolute Gasteiger partial charge is 0.368 e. The normalized spacial score (nSPS) is 14.8. The highest BCUT2D eigenvalue weighted by molar-refractivity contribution is 5.94. The molecule has 0 unspecified atom stereocenters. The predicted octanol–water partition coefficient (Wildman–Crippen LogP) is 3.91. The zero-order valence-electron chi connectivity index (χ0n) is 16.2. The molecule has 1 amide bonds. The van der Waals surface area contributed by atoms with E-state index in [9.17, 15) is 18.0 Å². The number of nitrogens with zero attached hydrogens (tertiary/aromatic N) is 4. The molecule has 0 N–H and O–H groups in total. The van der Waals surface area contributed by atoms with Gasteiger partial charge in [-0.15, -0.1) is 0 Å². The molecule has 0 atom stereocenters. The fraction of sp³-hybridized carbons (Fsp3) is 0.273. The van der Waals surface area contributed by atoms with Crippen LogP contribution in [0.2, 0.25) is 0 Å². The van der Waals surface area contributed by atoms with Crippen molar-refractivity contribution in [3.63, 3.8) is 0 Å². The van der Waals surface area contributed by atoms with Gasteiger partial charge in [-0.3, -0.25) is 4.79 Å². The van der Waals surface area contributed by atoms with Crippen LogP contribution in [0.25, 0.3) is 0 Å². The van der Waals surface area contributed by atoms with Gasteiger partial charge in [0.25, 0.3) is 5.91 Å². The van der Waals surface area contributed by atoms with Gasteiger partial charge in [0.05, 0.1) is 11.9 Å². The van der Waals surface area contributed by atoms with Gasteiger partial charge in [0.2, 0.25) is 0 Å². The number of benzene rings is 2. The van der Waals surface area contributed by atoms with Gasteiger partial charge in [-0.25, -0.2) is 4.98 Å². The summed E-state index contributed by atoms with van der Waals surface area (Å²) in [7, 11) is 0. The van der Waals surface area contributed by atoms with Crippen molar-refractivity contribution in [3.8, 4) is 0 Å². The number of piperazine rings is 1. The molecule has 1 saturated heterocycles. The lowest BCUT2D eigenvalue weighted by atomic mass is 10.1. The van der Waals surface area contributed by atoms with E-state index in [0.717, 1.165) is 17.7 Å². The molecule has 0 aliphatic carbocycles. The molecule has 1 aromatic heterocycles. The third-order valence-corrected chi connectivity index (χ3v) is 5.23. The van der Waals surface area contributed by atoms with E-state index in [1.54, 1.807) is 23.5 Å². The van der Waals surface area contributed by atoms with Gasteiger partial charge in [-0.05, 0) is 35.9 Å². The highest BCUT2D eigenvalue weighted by Gasteiger charge is 2.31. The number of carbonyl (C=O) groups is 1. The third-order valence-electron chi connectivity index (χ3n) is 5.23. The lowest BCUT2D eigenvalue weighted by Crippen LogP contribution is -2.48. The molecular weight excluding hydrogens is 393 g/mol. The molecule has 156 valence electrons. The minimum absolute atomic E-state index is 0.0622. The summed E-state index contributed by atoms with van der Waals surface area (Å²) in [5, 5.41) is 0. The summed E-state index contributed by atoms with van der Waals surface area (Å²) in [6.07, 6.45) is 0.973. The topological polar surface area (TPSA) is 41.4 Å². The minimum atomic E-state index is -4.36. The number of rotatable bonds is 4. The van der Waals surface area contributed by atoms with E-state index in [4.69, 9.17) is 0 Å². The van der Waals surface area contributed by atoms with Crippen molar-refractivity contribution in [1.82, 2.24) is 14.5 Å². The Morgan fingerprint density at radius 2 is 1.73 bits per heavy atom. The van der Waals surface area contributed by atoms with E-state index < -0.39 is 11.7 Å². The number of anilines is 1. The average Bonchev–Trinajstić information content (AvgIpc) is 3.26. The van der Waals surface area contributed by atoms with Gasteiger partial charge >= 0.3 is 6.18 Å². The zero-order valence-corrected chi connectivity index (χ0v) is 16.2. The first kappa shape index (κ1) is 20.0. The molecule has 0 radical (unpaired) electrons. The third kappa shape index (κ3) is 4.48. The Morgan fingerprint density at radius 1 is 1.00 bits per heavy atom. The minimum Gasteiger partial charge on any atom is -0.368 e. The number of halogens is 3. The molecule has 4 rings (SSSR count). The summed E-state index contributed by atoms with van der Waals surface area (Å²) >= 11 is 0. The van der Waals surface area contributed by atoms with Gasteiger partial charge < -0.3 is 14.4 Å². The second kappa shape index (κ2) is 8.22. The van der Waals surface area contributed by atoms with E-state index in [1.165, 1.54) is 6.07 Å². The molecule has 30 heavy (non-hydrogen) atoms. The van der Waals surface area contributed by atoms with Crippen LogP contribution in [-0.4, -0.2) is 46.5 Å². The molecule has 0 bridgehead atoms. The molecule has 0 saturated carbocycles. The molecule has 2 heterocycles. The second-order valence-electron chi connectivity index (χ2n) is 7.26. The molecule has 1 aliphatic rings. The van der Waals surface area contributed by atoms with Crippen LogP contribution in [0.5, 0.6) is 0 Å². The maximum absolute atomic E-state index is 12.9. The van der Waals surface area contributed by atoms with Gasteiger partial charge in [0.1, 0.15) is 0 Å². The molecule has 5 nitrogen and oxygen atoms in total. The van der Waals surface area contributed by atoms with Crippen LogP contribution in [0.4, 0.5) is 18.9 Å². The predicted molar refractivity (Wildman–Crippen MR) is 107 cm³/mol. The highest BCUT2D eigenvalue weighted by Crippen LogP contribution is 2.32. The van der Waals surface area contributed by atoms with E-state index in [2.05, 4.69) is 4.98 Å². The van der Waals surface area contributed by atoms with Crippen molar-refractivity contribution < 1.29 is 18.0 Å². The van der Waals surface area contributed by atoms with Crippen molar-refractivity contribution in [2.45, 2.75) is 12.7 Å². The van der Waals surface area contributed by atoms with Gasteiger partial charge in [0.15, 0.2) is 0 Å². The first-order chi connectivity index (χ1) is 14.4. The number of alkyl halides is 3. The van der Waals surface area contributed by atoms with Crippen LogP contribution < -0.4 is 4.90 Å². The summed E-state index contributed by atoms with van der Waals surface area (Å²) in [5.41, 5.74) is 1.55. The molecule has 1 fully saturated rings. The summed E-state index contributed by atoms with van der Waals surface area (Å²) in [6, 6.07) is 12.8. The van der Waals surface area contributed by atoms with Gasteiger partial charge in [-0.2, -0.15) is 13.2 Å². The number of imidazole rings is 1. The Kier molecular flexibility index (Phi) is 5.48. The van der Waals surface area contributed by atoms with Crippen LogP contribution in [0.1, 0.15) is 21.5 Å². The standard InChI is InChI=1S/C22H21F3N4O/c23-22(24,25)19-2-1-3-20(14-19)28-10-12-29(13-11-28)21(30)18-6-4-17(5-7-18)15-27-9-8-26-16-27/h1-9,14,16H,10-13,15H2. The van der Waals surface area contributed by atoms with E-state index in [1.807, 2.05) is 39.9 Å². The fourth-order valence-corrected chi connectivity index (χ4v) is 3.57. The van der Waals surface area contributed by atoms with Crippen LogP contribution in [-0.2, 0) is 12.7 Å². The van der Waals surface area contributed by atoms with Crippen LogP contribution in [0, 0.1) is 0 Å². The van der Waals surface area contributed by atoms with Crippen LogP contribution >= 0.6 is 0 Å². The first-order valence-corrected chi connectivity index (χ1v) is 9.66. The van der Waals surface area contributed by atoms with Crippen LogP contribution in [0.15, 0.2) is 67.3 Å². The summed E-state index contributed by atoms with van der Waals surface area (Å²) in [5.74, 6) is -0.0622. The zero-order chi connectivity index (χ0) is 21.1. The van der Waals surface area contributed by atoms with Gasteiger partial charge in [0, 0.05) is 56.4 Å². The maximum atomic E-state index is 12.9. The van der Waals surface area contributed by atoms with E-state index >= 15 is 0 Å². The van der Waals surface area contributed by atoms with Crippen LogP contribution in [0.3, 0.4) is 0 Å². The number of carbonyl (C=O) groups excluding carboxylic acids is 1. The van der Waals surface area contributed by atoms with Crippen molar-refractivity contribution in [1.29, 1.82) is 0 Å². The first-order valence-electron chi connectivity index (χ1n) is 9.66. The monoisotopic (exact) mass is 414 g/mol. The number of hydrogen-bond donors (Lipinski definition) is 0. The molecule has 8 heteroatoms. The molecular formula is C22H21F3N4O. The molecule has 2 aromatic carbocycles. The number of aromatic nitrogens is 2. The Labute approximate surface area is 172 Å². The summed E-state index contributed by atoms with van der Waals surface area (Å²) < 4.78 is 40.8. The van der Waals surface area contributed by atoms with Crippen molar-refractivity contribution >= 4 is 11.6 Å². The molecule has 1 aliphatic heterocycles. The Morgan fingerprint density at radius 3 is 2.37 bits per heavy atom. The maximum Gasteiger partial charge on any atom is 0.416 e. The number of amides is 1. The molecule has 0 spiro atoms. The molecule has 3 aromatic rings. The van der Waals surface area contributed by atoms with Crippen molar-refractivity contribution in [2.75, 3.05) is 31.1 Å². The van der Waals surface area contributed by atoms with Crippen molar-refractivity contribution in [3.05, 3.63) is 83.9 Å². The lowest BCUT2D eigenvalue weighted by molar-refractivity contribution is -0.137. The average molecular weight is 414 g/mol. The Hall–Kier alpha value is -3.29. The number of hydrogen-bond acceptors (Lipinski definition) is 3. The fourth-order valence-electron chi connectivity index (χ4n) is 3.57. The quantitative estimate of drug-likeness (QED) is 0.650. The lowest BCUT2D eigenvalue weighted by Gasteiger charge is -2.36.